The van der Waals surface area contributed by atoms with Crippen molar-refractivity contribution in [1.29, 1.82) is 0 Å². The van der Waals surface area contributed by atoms with Gasteiger partial charge in [0.2, 0.25) is 0 Å². The molecule has 156 valence electrons. The number of nitrogens with zero attached hydrogens (tertiary/aromatic N) is 4. The van der Waals surface area contributed by atoms with Crippen LogP contribution in [0.2, 0.25) is 5.02 Å². The molecular formula is C22H29ClN4O2. The monoisotopic (exact) mass is 416 g/mol. The molecule has 1 aliphatic carbocycles. The summed E-state index contributed by atoms with van der Waals surface area (Å²) >= 11 is 6.19. The zero-order valence-electron chi connectivity index (χ0n) is 17.0. The number of hydrogen-bond donors (Lipinski definition) is 1. The minimum absolute atomic E-state index is 0.443. The number of fused-ring (bicyclic) bond motifs is 1. The molecule has 0 saturated carbocycles. The van der Waals surface area contributed by atoms with E-state index in [2.05, 4.69) is 9.80 Å². The van der Waals surface area contributed by atoms with E-state index in [9.17, 15) is 5.11 Å². The summed E-state index contributed by atoms with van der Waals surface area (Å²) < 4.78 is 5.40. The van der Waals surface area contributed by atoms with Crippen molar-refractivity contribution < 1.29 is 9.84 Å². The lowest BCUT2D eigenvalue weighted by Crippen LogP contribution is -2.44. The van der Waals surface area contributed by atoms with Crippen LogP contribution < -0.4 is 4.90 Å². The topological polar surface area (TPSA) is 61.7 Å². The number of anilines is 1. The lowest BCUT2D eigenvalue weighted by Gasteiger charge is -2.31. The van der Waals surface area contributed by atoms with E-state index in [1.165, 1.54) is 5.56 Å². The summed E-state index contributed by atoms with van der Waals surface area (Å²) in [5, 5.41) is 11.4. The second kappa shape index (κ2) is 9.39. The Hall–Kier alpha value is -1.73. The number of aromatic nitrogens is 2. The van der Waals surface area contributed by atoms with Crippen LogP contribution in [0.5, 0.6) is 0 Å². The van der Waals surface area contributed by atoms with Crippen molar-refractivity contribution in [2.75, 3.05) is 51.3 Å². The van der Waals surface area contributed by atoms with Crippen LogP contribution in [0.25, 0.3) is 11.4 Å². The van der Waals surface area contributed by atoms with E-state index >= 15 is 0 Å². The number of likely N-dealkylation sites (N-methyl/N-ethyl adjacent to an activating group) is 1. The van der Waals surface area contributed by atoms with Gasteiger partial charge in [-0.1, -0.05) is 23.7 Å². The molecule has 0 radical (unpaired) electrons. The largest absolute Gasteiger partial charge is 0.390 e. The number of β-amino-alcohol motifs (C(OH)–C–C–N with tert-alkyl or cyclic N) is 1. The molecule has 6 nitrogen and oxygen atoms in total. The highest BCUT2D eigenvalue weighted by Gasteiger charge is 2.23. The van der Waals surface area contributed by atoms with Crippen LogP contribution in [0.15, 0.2) is 24.3 Å². The van der Waals surface area contributed by atoms with Crippen LogP contribution in [0.1, 0.15) is 24.1 Å². The highest BCUT2D eigenvalue weighted by molar-refractivity contribution is 6.30. The first-order valence-corrected chi connectivity index (χ1v) is 10.8. The highest BCUT2D eigenvalue weighted by atomic mass is 35.5. The maximum atomic E-state index is 10.7. The van der Waals surface area contributed by atoms with E-state index in [1.54, 1.807) is 0 Å². The lowest BCUT2D eigenvalue weighted by atomic mass is 9.95. The van der Waals surface area contributed by atoms with Gasteiger partial charge in [-0.25, -0.2) is 9.97 Å². The van der Waals surface area contributed by atoms with Crippen LogP contribution in [-0.2, 0) is 17.6 Å². The van der Waals surface area contributed by atoms with Gasteiger partial charge in [0.15, 0.2) is 5.82 Å². The third-order valence-electron chi connectivity index (χ3n) is 5.66. The molecule has 29 heavy (non-hydrogen) atoms. The van der Waals surface area contributed by atoms with Gasteiger partial charge in [0.25, 0.3) is 0 Å². The summed E-state index contributed by atoms with van der Waals surface area (Å²) in [5.41, 5.74) is 3.28. The summed E-state index contributed by atoms with van der Waals surface area (Å²) in [6.45, 7) is 4.43. The minimum Gasteiger partial charge on any atom is -0.390 e. The fraction of sp³-hybridized carbons (Fsp3) is 0.545. The zero-order valence-corrected chi connectivity index (χ0v) is 17.7. The van der Waals surface area contributed by atoms with Gasteiger partial charge in [0.05, 0.1) is 19.3 Å². The Bertz CT molecular complexity index is 842. The Balaban J connectivity index is 1.56. The standard InChI is InChI=1S/C22H29ClN4O2/c1-26(14-18(28)15-27-9-11-29-12-10-27)22-19-7-2-3-8-20(19)24-21(25-22)16-5-4-6-17(23)13-16/h4-6,13,18,28H,2-3,7-12,14-15H2,1H3. The molecule has 1 fully saturated rings. The molecule has 2 heterocycles. The van der Waals surface area contributed by atoms with Gasteiger partial charge in [-0.15, -0.1) is 0 Å². The van der Waals surface area contributed by atoms with Gasteiger partial charge in [0.1, 0.15) is 5.82 Å². The van der Waals surface area contributed by atoms with Crippen LogP contribution >= 0.6 is 11.6 Å². The summed E-state index contributed by atoms with van der Waals surface area (Å²) in [6.07, 6.45) is 3.83. The molecule has 0 amide bonds. The minimum atomic E-state index is -0.443. The number of rotatable bonds is 6. The number of aliphatic hydroxyl groups is 1. The zero-order chi connectivity index (χ0) is 20.2. The number of hydrogen-bond acceptors (Lipinski definition) is 6. The van der Waals surface area contributed by atoms with E-state index in [0.29, 0.717) is 23.9 Å². The van der Waals surface area contributed by atoms with Gasteiger partial charge in [-0.05, 0) is 37.8 Å². The first kappa shape index (κ1) is 20.5. The van der Waals surface area contributed by atoms with Crippen molar-refractivity contribution >= 4 is 17.4 Å². The highest BCUT2D eigenvalue weighted by Crippen LogP contribution is 2.31. The first-order chi connectivity index (χ1) is 14.1. The van der Waals surface area contributed by atoms with Crippen molar-refractivity contribution in [3.63, 3.8) is 0 Å². The molecule has 4 rings (SSSR count). The average Bonchev–Trinajstić information content (AvgIpc) is 2.73. The molecule has 0 bridgehead atoms. The van der Waals surface area contributed by atoms with Crippen molar-refractivity contribution in [2.24, 2.45) is 0 Å². The molecule has 2 aromatic rings. The maximum absolute atomic E-state index is 10.7. The van der Waals surface area contributed by atoms with Gasteiger partial charge >= 0.3 is 0 Å². The molecule has 1 saturated heterocycles. The second-order valence-corrected chi connectivity index (χ2v) is 8.40. The molecule has 0 spiro atoms. The quantitative estimate of drug-likeness (QED) is 0.781. The molecule has 1 N–H and O–H groups in total. The SMILES string of the molecule is CN(CC(O)CN1CCOCC1)c1nc(-c2cccc(Cl)c2)nc2c1CCCC2. The number of halogens is 1. The average molecular weight is 417 g/mol. The molecule has 1 aromatic heterocycles. The fourth-order valence-corrected chi connectivity index (χ4v) is 4.38. The van der Waals surface area contributed by atoms with Crippen molar-refractivity contribution in [3.8, 4) is 11.4 Å². The summed E-state index contributed by atoms with van der Waals surface area (Å²) in [7, 11) is 2.02. The summed E-state index contributed by atoms with van der Waals surface area (Å²) in [5.74, 6) is 1.64. The number of aliphatic hydroxyl groups excluding tert-OH is 1. The molecule has 1 aromatic carbocycles. The Morgan fingerprint density at radius 1 is 1.21 bits per heavy atom. The number of benzene rings is 1. The van der Waals surface area contributed by atoms with E-state index in [0.717, 1.165) is 69.1 Å². The van der Waals surface area contributed by atoms with Gasteiger partial charge in [-0.2, -0.15) is 0 Å². The van der Waals surface area contributed by atoms with Gasteiger partial charge in [0, 0.05) is 55.1 Å². The Morgan fingerprint density at radius 3 is 2.79 bits per heavy atom. The van der Waals surface area contributed by atoms with Crippen molar-refractivity contribution in [1.82, 2.24) is 14.9 Å². The number of ether oxygens (including phenoxy) is 1. The van der Waals surface area contributed by atoms with E-state index in [1.807, 2.05) is 31.3 Å². The maximum Gasteiger partial charge on any atom is 0.161 e. The number of aryl methyl sites for hydroxylation is 1. The fourth-order valence-electron chi connectivity index (χ4n) is 4.19. The van der Waals surface area contributed by atoms with Crippen LogP contribution in [-0.4, -0.2) is 72.5 Å². The van der Waals surface area contributed by atoms with E-state index in [-0.39, 0.29) is 0 Å². The smallest absolute Gasteiger partial charge is 0.161 e. The van der Waals surface area contributed by atoms with Crippen molar-refractivity contribution in [2.45, 2.75) is 31.8 Å². The predicted octanol–water partition coefficient (Wildman–Crippen LogP) is 2.81. The van der Waals surface area contributed by atoms with Crippen LogP contribution in [0.3, 0.4) is 0 Å². The predicted molar refractivity (Wildman–Crippen MR) is 116 cm³/mol. The van der Waals surface area contributed by atoms with E-state index < -0.39 is 6.10 Å². The van der Waals surface area contributed by atoms with Gasteiger partial charge in [-0.3, -0.25) is 4.90 Å². The van der Waals surface area contributed by atoms with Crippen LogP contribution in [0, 0.1) is 0 Å². The molecule has 1 atom stereocenters. The third kappa shape index (κ3) is 5.07. The summed E-state index contributed by atoms with van der Waals surface area (Å²) in [4.78, 5) is 14.1. The molecular weight excluding hydrogens is 388 g/mol. The van der Waals surface area contributed by atoms with E-state index in [4.69, 9.17) is 26.3 Å². The normalized spacial score (nSPS) is 18.3. The molecule has 1 aliphatic heterocycles. The molecule has 2 aliphatic rings. The lowest BCUT2D eigenvalue weighted by molar-refractivity contribution is 0.0162. The Labute approximate surface area is 177 Å². The van der Waals surface area contributed by atoms with Crippen LogP contribution in [0.4, 0.5) is 5.82 Å². The summed E-state index contributed by atoms with van der Waals surface area (Å²) in [6, 6.07) is 7.69. The Morgan fingerprint density at radius 2 is 2.00 bits per heavy atom. The third-order valence-corrected chi connectivity index (χ3v) is 5.90. The first-order valence-electron chi connectivity index (χ1n) is 10.4. The number of morpholine rings is 1. The van der Waals surface area contributed by atoms with Gasteiger partial charge < -0.3 is 14.7 Å². The Kier molecular flexibility index (Phi) is 6.65. The second-order valence-electron chi connectivity index (χ2n) is 7.96. The molecule has 1 unspecified atom stereocenters. The molecule has 7 heteroatoms. The van der Waals surface area contributed by atoms with Crippen molar-refractivity contribution in [3.05, 3.63) is 40.5 Å².